The van der Waals surface area contributed by atoms with Crippen LogP contribution in [0.2, 0.25) is 0 Å². The van der Waals surface area contributed by atoms with Crippen molar-refractivity contribution in [3.8, 4) is 11.4 Å². The third kappa shape index (κ3) is 6.40. The van der Waals surface area contributed by atoms with E-state index in [1.807, 2.05) is 0 Å². The Kier molecular flexibility index (Phi) is 7.23. The second-order valence-electron chi connectivity index (χ2n) is 6.95. The molecule has 0 aliphatic rings. The number of aromatic nitrogens is 4. The number of tetrazole rings is 1. The maximum atomic E-state index is 13.6. The first kappa shape index (κ1) is 25.8. The fourth-order valence-corrected chi connectivity index (χ4v) is 2.79. The van der Waals surface area contributed by atoms with Crippen LogP contribution in [0.5, 0.6) is 0 Å². The zero-order valence-electron chi connectivity index (χ0n) is 17.4. The highest BCUT2D eigenvalue weighted by atomic mass is 32.1. The fraction of sp³-hybridized carbons (Fsp3) is 0.211. The topological polar surface area (TPSA) is 96.8 Å². The molecule has 0 aliphatic carbocycles. The van der Waals surface area contributed by atoms with Gasteiger partial charge in [0.05, 0.1) is 16.8 Å². The third-order valence-corrected chi connectivity index (χ3v) is 4.63. The Morgan fingerprint density at radius 2 is 1.60 bits per heavy atom. The molecule has 0 radical (unpaired) electrons. The summed E-state index contributed by atoms with van der Waals surface area (Å²) >= 11 is 4.93. The highest BCUT2D eigenvalue weighted by Crippen LogP contribution is 2.38. The standard InChI is InChI=1S/C19H14F7N7OS/c1-9(16(34)29-30-17(35)27-14-5-3-2-4-13(14)20)33-31-15(28-32-33)10-6-11(18(21,22)23)8-12(7-10)19(24,25)26/h2-9H,1H3,(H,29,34)(H2,27,30,35)/t9-/m1/s1. The first-order valence-corrected chi connectivity index (χ1v) is 9.87. The Morgan fingerprint density at radius 1 is 1.00 bits per heavy atom. The molecule has 3 aromatic rings. The van der Waals surface area contributed by atoms with Crippen molar-refractivity contribution in [3.63, 3.8) is 0 Å². The van der Waals surface area contributed by atoms with Gasteiger partial charge in [0.1, 0.15) is 5.82 Å². The summed E-state index contributed by atoms with van der Waals surface area (Å²) in [7, 11) is 0. The molecule has 3 N–H and O–H groups in total. The molecule has 1 aromatic heterocycles. The predicted octanol–water partition coefficient (Wildman–Crippen LogP) is 4.10. The highest BCUT2D eigenvalue weighted by Gasteiger charge is 2.37. The maximum absolute atomic E-state index is 13.6. The number of halogens is 7. The van der Waals surface area contributed by atoms with Crippen LogP contribution in [0.1, 0.15) is 24.1 Å². The molecule has 1 heterocycles. The molecule has 0 saturated heterocycles. The minimum atomic E-state index is -5.06. The van der Waals surface area contributed by atoms with E-state index in [1.54, 1.807) is 6.07 Å². The van der Waals surface area contributed by atoms with Crippen molar-refractivity contribution in [3.05, 3.63) is 59.4 Å². The van der Waals surface area contributed by atoms with Crippen LogP contribution in [-0.4, -0.2) is 31.2 Å². The van der Waals surface area contributed by atoms with Gasteiger partial charge in [-0.1, -0.05) is 12.1 Å². The summed E-state index contributed by atoms with van der Waals surface area (Å²) < 4.78 is 92.1. The zero-order chi connectivity index (χ0) is 26.0. The molecule has 0 bridgehead atoms. The average Bonchev–Trinajstić information content (AvgIpc) is 3.27. The van der Waals surface area contributed by atoms with Gasteiger partial charge in [-0.2, -0.15) is 31.1 Å². The number of alkyl halides is 6. The fourth-order valence-electron chi connectivity index (χ4n) is 2.63. The zero-order valence-corrected chi connectivity index (χ0v) is 18.2. The molecule has 8 nitrogen and oxygen atoms in total. The van der Waals surface area contributed by atoms with Gasteiger partial charge in [0.25, 0.3) is 5.91 Å². The van der Waals surface area contributed by atoms with Crippen LogP contribution in [0, 0.1) is 5.82 Å². The summed E-state index contributed by atoms with van der Waals surface area (Å²) in [5.74, 6) is -1.96. The van der Waals surface area contributed by atoms with E-state index < -0.39 is 52.6 Å². The Labute approximate surface area is 197 Å². The van der Waals surface area contributed by atoms with Gasteiger partial charge in [-0.15, -0.1) is 10.2 Å². The number of hydrogen-bond donors (Lipinski definition) is 3. The number of rotatable bonds is 4. The highest BCUT2D eigenvalue weighted by molar-refractivity contribution is 7.80. The van der Waals surface area contributed by atoms with Crippen molar-refractivity contribution in [2.45, 2.75) is 25.3 Å². The Bertz CT molecular complexity index is 1210. The lowest BCUT2D eigenvalue weighted by Gasteiger charge is -2.14. The minimum absolute atomic E-state index is 0.0338. The monoisotopic (exact) mass is 521 g/mol. The van der Waals surface area contributed by atoms with E-state index >= 15 is 0 Å². The Morgan fingerprint density at radius 3 is 2.17 bits per heavy atom. The number of nitrogens with zero attached hydrogens (tertiary/aromatic N) is 4. The summed E-state index contributed by atoms with van der Waals surface area (Å²) in [4.78, 5) is 13.0. The van der Waals surface area contributed by atoms with Crippen LogP contribution < -0.4 is 16.2 Å². The number of nitrogens with one attached hydrogen (secondary N) is 3. The number of thiocarbonyl (C=S) groups is 1. The quantitative estimate of drug-likeness (QED) is 0.270. The van der Waals surface area contributed by atoms with Crippen molar-refractivity contribution in [1.29, 1.82) is 0 Å². The van der Waals surface area contributed by atoms with Crippen molar-refractivity contribution < 1.29 is 35.5 Å². The van der Waals surface area contributed by atoms with Gasteiger partial charge < -0.3 is 5.32 Å². The molecule has 1 amide bonds. The van der Waals surface area contributed by atoms with Crippen molar-refractivity contribution in [2.24, 2.45) is 0 Å². The number of amides is 1. The lowest BCUT2D eigenvalue weighted by Crippen LogP contribution is -2.46. The SMILES string of the molecule is C[C@H](C(=O)NNC(=S)Nc1ccccc1F)n1nnc(-c2cc(C(F)(F)F)cc(C(F)(F)F)c2)n1. The Hall–Kier alpha value is -3.82. The van der Waals surface area contributed by atoms with Crippen molar-refractivity contribution in [2.75, 3.05) is 5.32 Å². The van der Waals surface area contributed by atoms with Gasteiger partial charge in [0.15, 0.2) is 11.2 Å². The van der Waals surface area contributed by atoms with E-state index in [4.69, 9.17) is 12.2 Å². The van der Waals surface area contributed by atoms with Crippen LogP contribution in [0.15, 0.2) is 42.5 Å². The maximum Gasteiger partial charge on any atom is 0.416 e. The second kappa shape index (κ2) is 9.81. The lowest BCUT2D eigenvalue weighted by atomic mass is 10.0. The van der Waals surface area contributed by atoms with E-state index in [2.05, 4.69) is 31.6 Å². The van der Waals surface area contributed by atoms with E-state index in [1.165, 1.54) is 25.1 Å². The lowest BCUT2D eigenvalue weighted by molar-refractivity contribution is -0.143. The number of carbonyl (C=O) groups is 1. The van der Waals surface area contributed by atoms with Crippen LogP contribution >= 0.6 is 12.2 Å². The van der Waals surface area contributed by atoms with E-state index in [-0.39, 0.29) is 16.9 Å². The molecule has 0 saturated carbocycles. The third-order valence-electron chi connectivity index (χ3n) is 4.42. The summed E-state index contributed by atoms with van der Waals surface area (Å²) in [6.07, 6.45) is -10.1. The van der Waals surface area contributed by atoms with Crippen molar-refractivity contribution in [1.82, 2.24) is 31.1 Å². The van der Waals surface area contributed by atoms with Gasteiger partial charge in [-0.3, -0.25) is 15.6 Å². The van der Waals surface area contributed by atoms with Crippen molar-refractivity contribution >= 4 is 28.9 Å². The summed E-state index contributed by atoms with van der Waals surface area (Å²) in [5.41, 5.74) is 0.832. The molecular weight excluding hydrogens is 507 g/mol. The first-order chi connectivity index (χ1) is 16.3. The molecule has 0 spiro atoms. The number of benzene rings is 2. The van der Waals surface area contributed by atoms with Crippen LogP contribution in [0.4, 0.5) is 36.4 Å². The summed E-state index contributed by atoms with van der Waals surface area (Å²) in [6.45, 7) is 1.28. The Balaban J connectivity index is 1.72. The molecule has 35 heavy (non-hydrogen) atoms. The van der Waals surface area contributed by atoms with E-state index in [9.17, 15) is 35.5 Å². The first-order valence-electron chi connectivity index (χ1n) is 9.46. The molecule has 0 fully saturated rings. The molecule has 186 valence electrons. The van der Waals surface area contributed by atoms with E-state index in [0.29, 0.717) is 16.9 Å². The second-order valence-corrected chi connectivity index (χ2v) is 7.36. The van der Waals surface area contributed by atoms with Crippen LogP contribution in [0.25, 0.3) is 11.4 Å². The molecule has 0 aliphatic heterocycles. The number of hydrogen-bond acceptors (Lipinski definition) is 5. The largest absolute Gasteiger partial charge is 0.416 e. The smallest absolute Gasteiger partial charge is 0.329 e. The normalized spacial score (nSPS) is 12.7. The molecule has 3 rings (SSSR count). The van der Waals surface area contributed by atoms with Gasteiger partial charge in [-0.05, 0) is 54.7 Å². The minimum Gasteiger partial charge on any atom is -0.329 e. The molecular formula is C19H14F7N7OS. The number of carbonyl (C=O) groups excluding carboxylic acids is 1. The summed E-state index contributed by atoms with van der Waals surface area (Å²) in [6, 6.07) is 5.22. The van der Waals surface area contributed by atoms with Gasteiger partial charge >= 0.3 is 12.4 Å². The van der Waals surface area contributed by atoms with Gasteiger partial charge in [-0.25, -0.2) is 4.39 Å². The predicted molar refractivity (Wildman–Crippen MR) is 112 cm³/mol. The van der Waals surface area contributed by atoms with Gasteiger partial charge in [0.2, 0.25) is 5.82 Å². The van der Waals surface area contributed by atoms with Crippen LogP contribution in [-0.2, 0) is 17.1 Å². The number of para-hydroxylation sites is 1. The number of hydrazine groups is 1. The number of anilines is 1. The molecule has 0 unspecified atom stereocenters. The van der Waals surface area contributed by atoms with Crippen LogP contribution in [0.3, 0.4) is 0 Å². The molecule has 2 aromatic carbocycles. The molecule has 16 heteroatoms. The van der Waals surface area contributed by atoms with Gasteiger partial charge in [0, 0.05) is 5.56 Å². The summed E-state index contributed by atoms with van der Waals surface area (Å²) in [5, 5.41) is 13.0. The van der Waals surface area contributed by atoms with E-state index in [0.717, 1.165) is 0 Å². The average molecular weight is 521 g/mol. The molecule has 1 atom stereocenters.